The molecule has 0 spiro atoms. The first-order valence-electron chi connectivity index (χ1n) is 7.83. The topological polar surface area (TPSA) is 72.4 Å². The number of piperidine rings is 1. The number of para-hydroxylation sites is 2. The van der Waals surface area contributed by atoms with Crippen LogP contribution in [0.5, 0.6) is 0 Å². The fraction of sp³-hybridized carbons (Fsp3) is 0.412. The summed E-state index contributed by atoms with van der Waals surface area (Å²) < 4.78 is 5.11. The monoisotopic (exact) mass is 313 g/mol. The van der Waals surface area contributed by atoms with Crippen LogP contribution in [0.3, 0.4) is 0 Å². The molecule has 0 N–H and O–H groups in total. The lowest BCUT2D eigenvalue weighted by molar-refractivity contribution is -0.137. The van der Waals surface area contributed by atoms with Gasteiger partial charge in [-0.25, -0.2) is 9.78 Å². The number of rotatable bonds is 3. The van der Waals surface area contributed by atoms with E-state index in [1.165, 1.54) is 6.20 Å². The summed E-state index contributed by atoms with van der Waals surface area (Å²) in [6.45, 7) is 2.50. The molecular weight excluding hydrogens is 294 g/mol. The van der Waals surface area contributed by atoms with Crippen LogP contribution in [0.2, 0.25) is 0 Å². The van der Waals surface area contributed by atoms with Gasteiger partial charge in [-0.15, -0.1) is 0 Å². The van der Waals surface area contributed by atoms with Crippen molar-refractivity contribution < 1.29 is 14.3 Å². The molecule has 1 amide bonds. The first-order valence-corrected chi connectivity index (χ1v) is 7.83. The number of carbonyl (C=O) groups excluding carboxylic acids is 2. The Labute approximate surface area is 134 Å². The number of hydrogen-bond acceptors (Lipinski definition) is 5. The molecule has 1 atom stereocenters. The van der Waals surface area contributed by atoms with E-state index < -0.39 is 5.97 Å². The number of nitrogens with zero attached hydrogens (tertiary/aromatic N) is 3. The Hall–Kier alpha value is -2.50. The minimum Gasteiger partial charge on any atom is -0.451 e. The summed E-state index contributed by atoms with van der Waals surface area (Å²) >= 11 is 0. The molecule has 6 heteroatoms. The zero-order valence-electron chi connectivity index (χ0n) is 13.1. The van der Waals surface area contributed by atoms with E-state index in [1.807, 2.05) is 25.1 Å². The van der Waals surface area contributed by atoms with Crippen molar-refractivity contribution in [3.63, 3.8) is 0 Å². The summed E-state index contributed by atoms with van der Waals surface area (Å²) in [6, 6.07) is 7.48. The van der Waals surface area contributed by atoms with Crippen LogP contribution in [0.25, 0.3) is 11.0 Å². The van der Waals surface area contributed by atoms with Gasteiger partial charge in [-0.1, -0.05) is 12.1 Å². The second-order valence-corrected chi connectivity index (χ2v) is 5.75. The average molecular weight is 313 g/mol. The Morgan fingerprint density at radius 2 is 2.04 bits per heavy atom. The third-order valence-electron chi connectivity index (χ3n) is 4.11. The predicted octanol–water partition coefficient (Wildman–Crippen LogP) is 2.19. The molecular formula is C17H19N3O3. The molecule has 1 saturated heterocycles. The molecule has 1 aromatic heterocycles. The highest BCUT2D eigenvalue weighted by Crippen LogP contribution is 2.16. The maximum absolute atomic E-state index is 12.2. The van der Waals surface area contributed by atoms with E-state index in [9.17, 15) is 9.59 Å². The van der Waals surface area contributed by atoms with E-state index >= 15 is 0 Å². The summed E-state index contributed by atoms with van der Waals surface area (Å²) in [5, 5.41) is 0. The van der Waals surface area contributed by atoms with Crippen LogP contribution < -0.4 is 0 Å². The predicted molar refractivity (Wildman–Crippen MR) is 84.8 cm³/mol. The SMILES string of the molecule is C[C@@H]1CCCCN1C(=O)COC(=O)c1cnc2ccccc2n1. The van der Waals surface area contributed by atoms with Gasteiger partial charge in [0.2, 0.25) is 0 Å². The Morgan fingerprint density at radius 1 is 1.26 bits per heavy atom. The van der Waals surface area contributed by atoms with Gasteiger partial charge in [0, 0.05) is 12.6 Å². The zero-order valence-corrected chi connectivity index (χ0v) is 13.1. The van der Waals surface area contributed by atoms with Gasteiger partial charge in [-0.2, -0.15) is 0 Å². The van der Waals surface area contributed by atoms with Crippen LogP contribution in [-0.2, 0) is 9.53 Å². The van der Waals surface area contributed by atoms with E-state index in [0.717, 1.165) is 25.8 Å². The van der Waals surface area contributed by atoms with Crippen molar-refractivity contribution in [2.24, 2.45) is 0 Å². The molecule has 6 nitrogen and oxygen atoms in total. The van der Waals surface area contributed by atoms with Gasteiger partial charge in [0.05, 0.1) is 17.2 Å². The average Bonchev–Trinajstić information content (AvgIpc) is 2.59. The number of aromatic nitrogens is 2. The number of fused-ring (bicyclic) bond motifs is 1. The van der Waals surface area contributed by atoms with Crippen molar-refractivity contribution >= 4 is 22.9 Å². The third kappa shape index (κ3) is 3.47. The fourth-order valence-electron chi connectivity index (χ4n) is 2.81. The number of ether oxygens (including phenoxy) is 1. The molecule has 0 bridgehead atoms. The van der Waals surface area contributed by atoms with Gasteiger partial charge in [0.1, 0.15) is 0 Å². The van der Waals surface area contributed by atoms with Gasteiger partial charge in [0.25, 0.3) is 5.91 Å². The molecule has 0 unspecified atom stereocenters. The van der Waals surface area contributed by atoms with Crippen LogP contribution >= 0.6 is 0 Å². The molecule has 1 fully saturated rings. The normalized spacial score (nSPS) is 18.0. The van der Waals surface area contributed by atoms with E-state index in [-0.39, 0.29) is 24.2 Å². The molecule has 1 aliphatic heterocycles. The van der Waals surface area contributed by atoms with Crippen LogP contribution in [0, 0.1) is 0 Å². The summed E-state index contributed by atoms with van der Waals surface area (Å²) in [4.78, 5) is 34.4. The molecule has 0 radical (unpaired) electrons. The Kier molecular flexibility index (Phi) is 4.50. The number of amides is 1. The van der Waals surface area contributed by atoms with Crippen LogP contribution in [-0.4, -0.2) is 45.9 Å². The molecule has 1 aliphatic rings. The highest BCUT2D eigenvalue weighted by atomic mass is 16.5. The van der Waals surface area contributed by atoms with Gasteiger partial charge in [-0.3, -0.25) is 9.78 Å². The van der Waals surface area contributed by atoms with E-state index in [1.54, 1.807) is 11.0 Å². The van der Waals surface area contributed by atoms with Crippen molar-refractivity contribution in [3.05, 3.63) is 36.2 Å². The van der Waals surface area contributed by atoms with Crippen LogP contribution in [0.1, 0.15) is 36.7 Å². The summed E-state index contributed by atoms with van der Waals surface area (Å²) in [5.41, 5.74) is 1.45. The number of esters is 1. The molecule has 3 rings (SSSR count). The Bertz CT molecular complexity index is 732. The lowest BCUT2D eigenvalue weighted by atomic mass is 10.0. The quantitative estimate of drug-likeness (QED) is 0.812. The van der Waals surface area contributed by atoms with Crippen molar-refractivity contribution in [2.45, 2.75) is 32.2 Å². The summed E-state index contributed by atoms with van der Waals surface area (Å²) in [7, 11) is 0. The minimum atomic E-state index is -0.624. The minimum absolute atomic E-state index is 0.114. The van der Waals surface area contributed by atoms with Crippen molar-refractivity contribution in [3.8, 4) is 0 Å². The lowest BCUT2D eigenvalue weighted by Gasteiger charge is -2.33. The van der Waals surface area contributed by atoms with Crippen molar-refractivity contribution in [1.82, 2.24) is 14.9 Å². The molecule has 0 aliphatic carbocycles. The fourth-order valence-corrected chi connectivity index (χ4v) is 2.81. The van der Waals surface area contributed by atoms with Gasteiger partial charge >= 0.3 is 5.97 Å². The number of benzene rings is 1. The lowest BCUT2D eigenvalue weighted by Crippen LogP contribution is -2.44. The third-order valence-corrected chi connectivity index (χ3v) is 4.11. The summed E-state index contributed by atoms with van der Waals surface area (Å²) in [5.74, 6) is -0.777. The largest absolute Gasteiger partial charge is 0.451 e. The Balaban J connectivity index is 1.62. The maximum Gasteiger partial charge on any atom is 0.359 e. The summed E-state index contributed by atoms with van der Waals surface area (Å²) in [6.07, 6.45) is 4.51. The first-order chi connectivity index (χ1) is 11.1. The maximum atomic E-state index is 12.2. The van der Waals surface area contributed by atoms with Crippen molar-refractivity contribution in [1.29, 1.82) is 0 Å². The highest BCUT2D eigenvalue weighted by molar-refractivity contribution is 5.91. The van der Waals surface area contributed by atoms with Crippen molar-refractivity contribution in [2.75, 3.05) is 13.2 Å². The second-order valence-electron chi connectivity index (χ2n) is 5.75. The zero-order chi connectivity index (χ0) is 16.2. The molecule has 1 aromatic carbocycles. The number of likely N-dealkylation sites (tertiary alicyclic amines) is 1. The van der Waals surface area contributed by atoms with Crippen LogP contribution in [0.15, 0.2) is 30.5 Å². The highest BCUT2D eigenvalue weighted by Gasteiger charge is 2.24. The molecule has 2 aromatic rings. The van der Waals surface area contributed by atoms with Gasteiger partial charge in [0.15, 0.2) is 12.3 Å². The standard InChI is InChI=1S/C17H19N3O3/c1-12-6-4-5-9-20(12)16(21)11-23-17(22)15-10-18-13-7-2-3-8-14(13)19-15/h2-3,7-8,10,12H,4-6,9,11H2,1H3/t12-/m1/s1. The Morgan fingerprint density at radius 3 is 2.83 bits per heavy atom. The van der Waals surface area contributed by atoms with E-state index in [2.05, 4.69) is 9.97 Å². The molecule has 2 heterocycles. The smallest absolute Gasteiger partial charge is 0.359 e. The molecule has 23 heavy (non-hydrogen) atoms. The second kappa shape index (κ2) is 6.73. The first kappa shape index (κ1) is 15.4. The number of carbonyl (C=O) groups is 2. The number of hydrogen-bond donors (Lipinski definition) is 0. The van der Waals surface area contributed by atoms with E-state index in [0.29, 0.717) is 11.0 Å². The molecule has 120 valence electrons. The van der Waals surface area contributed by atoms with Gasteiger partial charge in [-0.05, 0) is 38.3 Å². The van der Waals surface area contributed by atoms with E-state index in [4.69, 9.17) is 4.74 Å². The molecule has 0 saturated carbocycles. The van der Waals surface area contributed by atoms with Crippen LogP contribution in [0.4, 0.5) is 0 Å². The van der Waals surface area contributed by atoms with Gasteiger partial charge < -0.3 is 9.64 Å².